The van der Waals surface area contributed by atoms with Crippen molar-refractivity contribution in [2.45, 2.75) is 25.2 Å². The number of amides is 1. The van der Waals surface area contributed by atoms with Crippen molar-refractivity contribution < 1.29 is 13.6 Å². The van der Waals surface area contributed by atoms with E-state index >= 15 is 0 Å². The lowest BCUT2D eigenvalue weighted by Gasteiger charge is -2.24. The predicted octanol–water partition coefficient (Wildman–Crippen LogP) is 3.61. The van der Waals surface area contributed by atoms with E-state index in [2.05, 4.69) is 4.98 Å². The molecule has 0 aliphatic carbocycles. The minimum absolute atomic E-state index is 0.121. The normalized spacial score (nSPS) is 18.0. The highest BCUT2D eigenvalue weighted by Crippen LogP contribution is 2.32. The summed E-state index contributed by atoms with van der Waals surface area (Å²) >= 11 is 6.16. The third-order valence-corrected chi connectivity index (χ3v) is 4.36. The van der Waals surface area contributed by atoms with Gasteiger partial charge in [0.25, 0.3) is 5.91 Å². The largest absolute Gasteiger partial charge is 0.365 e. The summed E-state index contributed by atoms with van der Waals surface area (Å²) < 4.78 is 27.1. The van der Waals surface area contributed by atoms with Crippen molar-refractivity contribution in [3.8, 4) is 0 Å². The second-order valence-corrected chi connectivity index (χ2v) is 6.14. The zero-order valence-corrected chi connectivity index (χ0v) is 13.1. The molecule has 2 heterocycles. The second kappa shape index (κ2) is 5.92. The van der Waals surface area contributed by atoms with Crippen LogP contribution >= 0.6 is 11.6 Å². The third kappa shape index (κ3) is 3.22. The van der Waals surface area contributed by atoms with Crippen molar-refractivity contribution in [2.24, 2.45) is 5.73 Å². The third-order valence-electron chi connectivity index (χ3n) is 4.06. The molecule has 3 rings (SSSR count). The average Bonchev–Trinajstić information content (AvgIpc) is 2.67. The summed E-state index contributed by atoms with van der Waals surface area (Å²) in [5.41, 5.74) is 6.22. The summed E-state index contributed by atoms with van der Waals surface area (Å²) in [5, 5.41) is 1.13. The van der Waals surface area contributed by atoms with Gasteiger partial charge in [-0.1, -0.05) is 23.7 Å². The molecular formula is C16H16ClF2N3O. The van der Waals surface area contributed by atoms with Crippen LogP contribution < -0.4 is 10.6 Å². The molecule has 1 fully saturated rings. The van der Waals surface area contributed by atoms with E-state index < -0.39 is 11.8 Å². The van der Waals surface area contributed by atoms with Crippen molar-refractivity contribution in [1.82, 2.24) is 4.98 Å². The van der Waals surface area contributed by atoms with Crippen LogP contribution in [0.4, 0.5) is 14.6 Å². The smallest absolute Gasteiger partial charge is 0.252 e. The molecular weight excluding hydrogens is 324 g/mol. The molecule has 0 radical (unpaired) electrons. The molecule has 0 saturated carbocycles. The monoisotopic (exact) mass is 339 g/mol. The van der Waals surface area contributed by atoms with Gasteiger partial charge in [-0.3, -0.25) is 4.79 Å². The molecule has 0 bridgehead atoms. The first-order valence-corrected chi connectivity index (χ1v) is 7.77. The van der Waals surface area contributed by atoms with Crippen molar-refractivity contribution in [3.63, 3.8) is 0 Å². The highest BCUT2D eigenvalue weighted by Gasteiger charge is 2.33. The van der Waals surface area contributed by atoms with E-state index in [4.69, 9.17) is 17.3 Å². The summed E-state index contributed by atoms with van der Waals surface area (Å²) in [6.07, 6.45) is -0.107. The Hall–Kier alpha value is -1.95. The molecule has 1 aliphatic rings. The molecule has 1 aromatic carbocycles. The summed E-state index contributed by atoms with van der Waals surface area (Å²) in [6.45, 7) is 0.523. The number of hydrogen-bond donors (Lipinski definition) is 1. The number of aromatic nitrogens is 1. The Labute approximate surface area is 137 Å². The molecule has 1 aliphatic heterocycles. The van der Waals surface area contributed by atoms with Gasteiger partial charge in [-0.15, -0.1) is 0 Å². The van der Waals surface area contributed by atoms with Crippen LogP contribution in [0.5, 0.6) is 0 Å². The van der Waals surface area contributed by atoms with Gasteiger partial charge in [-0.05, 0) is 18.6 Å². The van der Waals surface area contributed by atoms with Gasteiger partial charge in [0.2, 0.25) is 5.92 Å². The van der Waals surface area contributed by atoms with Gasteiger partial charge >= 0.3 is 0 Å². The van der Waals surface area contributed by atoms with Crippen LogP contribution in [0.3, 0.4) is 0 Å². The van der Waals surface area contributed by atoms with Gasteiger partial charge in [0.15, 0.2) is 0 Å². The highest BCUT2D eigenvalue weighted by molar-refractivity contribution is 6.35. The molecule has 4 nitrogen and oxygen atoms in total. The molecule has 0 unspecified atom stereocenters. The number of nitrogens with two attached hydrogens (primary N) is 1. The molecule has 122 valence electrons. The van der Waals surface area contributed by atoms with Crippen LogP contribution in [0, 0.1) is 0 Å². The Morgan fingerprint density at radius 1 is 1.30 bits per heavy atom. The maximum atomic E-state index is 13.6. The van der Waals surface area contributed by atoms with Crippen LogP contribution in [0.25, 0.3) is 10.9 Å². The van der Waals surface area contributed by atoms with E-state index in [1.807, 2.05) is 0 Å². The Bertz CT molecular complexity index is 766. The average molecular weight is 340 g/mol. The number of benzene rings is 1. The van der Waals surface area contributed by atoms with E-state index in [-0.39, 0.29) is 24.9 Å². The number of hydrogen-bond acceptors (Lipinski definition) is 3. The lowest BCUT2D eigenvalue weighted by molar-refractivity contribution is -0.0102. The number of fused-ring (bicyclic) bond motifs is 1. The first-order chi connectivity index (χ1) is 10.9. The lowest BCUT2D eigenvalue weighted by Crippen LogP contribution is -2.29. The zero-order valence-electron chi connectivity index (χ0n) is 12.4. The molecule has 2 N–H and O–H groups in total. The number of alkyl halides is 2. The van der Waals surface area contributed by atoms with Crippen LogP contribution in [-0.2, 0) is 0 Å². The number of rotatable bonds is 2. The lowest BCUT2D eigenvalue weighted by atomic mass is 10.1. The summed E-state index contributed by atoms with van der Waals surface area (Å²) in [4.78, 5) is 17.9. The first kappa shape index (κ1) is 15.9. The van der Waals surface area contributed by atoms with Gasteiger partial charge in [0.05, 0.1) is 16.1 Å². The maximum absolute atomic E-state index is 13.6. The van der Waals surface area contributed by atoms with E-state index in [1.54, 1.807) is 29.2 Å². The van der Waals surface area contributed by atoms with Crippen LogP contribution in [0.15, 0.2) is 24.3 Å². The topological polar surface area (TPSA) is 59.2 Å². The summed E-state index contributed by atoms with van der Waals surface area (Å²) in [5.74, 6) is -2.99. The number of carbonyl (C=O) groups excluding carboxylic acids is 1. The molecule has 1 amide bonds. The minimum Gasteiger partial charge on any atom is -0.365 e. The quantitative estimate of drug-likeness (QED) is 0.909. The van der Waals surface area contributed by atoms with Gasteiger partial charge in [0.1, 0.15) is 5.82 Å². The van der Waals surface area contributed by atoms with Crippen molar-refractivity contribution in [1.29, 1.82) is 0 Å². The molecule has 23 heavy (non-hydrogen) atoms. The fourth-order valence-electron chi connectivity index (χ4n) is 2.85. The van der Waals surface area contributed by atoms with Crippen molar-refractivity contribution in [3.05, 3.63) is 34.9 Å². The SMILES string of the molecule is NC(=O)c1cc2cccc(Cl)c2nc1N1CCCC(F)(F)CC1. The van der Waals surface area contributed by atoms with Crippen LogP contribution in [-0.4, -0.2) is 29.9 Å². The molecule has 2 aromatic rings. The number of para-hydroxylation sites is 1. The van der Waals surface area contributed by atoms with E-state index in [0.29, 0.717) is 34.7 Å². The maximum Gasteiger partial charge on any atom is 0.252 e. The fraction of sp³-hybridized carbons (Fsp3) is 0.375. The molecule has 0 spiro atoms. The Morgan fingerprint density at radius 2 is 2.09 bits per heavy atom. The Morgan fingerprint density at radius 3 is 2.83 bits per heavy atom. The van der Waals surface area contributed by atoms with Gasteiger partial charge in [-0.2, -0.15) is 0 Å². The molecule has 1 saturated heterocycles. The fourth-order valence-corrected chi connectivity index (χ4v) is 3.07. The minimum atomic E-state index is -2.68. The van der Waals surface area contributed by atoms with Gasteiger partial charge in [0, 0.05) is 31.3 Å². The molecule has 1 aromatic heterocycles. The zero-order chi connectivity index (χ0) is 16.6. The van der Waals surface area contributed by atoms with Gasteiger partial charge < -0.3 is 10.6 Å². The van der Waals surface area contributed by atoms with Crippen molar-refractivity contribution >= 4 is 34.2 Å². The predicted molar refractivity (Wildman–Crippen MR) is 86.3 cm³/mol. The highest BCUT2D eigenvalue weighted by atomic mass is 35.5. The summed E-state index contributed by atoms with van der Waals surface area (Å²) in [6, 6.07) is 6.85. The van der Waals surface area contributed by atoms with Gasteiger partial charge in [-0.25, -0.2) is 13.8 Å². The summed E-state index contributed by atoms with van der Waals surface area (Å²) in [7, 11) is 0. The molecule has 0 atom stereocenters. The number of anilines is 1. The van der Waals surface area contributed by atoms with Crippen LogP contribution in [0.1, 0.15) is 29.6 Å². The Balaban J connectivity index is 2.09. The van der Waals surface area contributed by atoms with Crippen molar-refractivity contribution in [2.75, 3.05) is 18.0 Å². The standard InChI is InChI=1S/C16H16ClF2N3O/c17-12-4-1-3-10-9-11(14(20)23)15(21-13(10)12)22-7-2-5-16(18,19)6-8-22/h1,3-4,9H,2,5-8H2,(H2,20,23). The number of halogens is 3. The number of pyridine rings is 1. The van der Waals surface area contributed by atoms with Crippen LogP contribution in [0.2, 0.25) is 5.02 Å². The number of nitrogens with zero attached hydrogens (tertiary/aromatic N) is 2. The van der Waals surface area contributed by atoms with E-state index in [9.17, 15) is 13.6 Å². The van der Waals surface area contributed by atoms with E-state index in [1.165, 1.54) is 0 Å². The number of carbonyl (C=O) groups is 1. The number of primary amides is 1. The molecule has 7 heteroatoms. The Kier molecular flexibility index (Phi) is 4.10. The first-order valence-electron chi connectivity index (χ1n) is 7.39. The second-order valence-electron chi connectivity index (χ2n) is 5.73. The van der Waals surface area contributed by atoms with E-state index in [0.717, 1.165) is 0 Å².